The summed E-state index contributed by atoms with van der Waals surface area (Å²) in [6.45, 7) is 6.40. The Morgan fingerprint density at radius 1 is 1.24 bits per heavy atom. The predicted octanol–water partition coefficient (Wildman–Crippen LogP) is 0.453. The number of amides is 2. The molecule has 0 saturated carbocycles. The van der Waals surface area contributed by atoms with Crippen LogP contribution >= 0.6 is 0 Å². The summed E-state index contributed by atoms with van der Waals surface area (Å²) in [6, 6.07) is 2.06. The van der Waals surface area contributed by atoms with Gasteiger partial charge in [0.1, 0.15) is 6.07 Å². The van der Waals surface area contributed by atoms with Crippen molar-refractivity contribution in [2.75, 3.05) is 31.1 Å². The number of hydrogen-bond acceptors (Lipinski definition) is 6. The smallest absolute Gasteiger partial charge is 0.309 e. The molecule has 2 heterocycles. The lowest BCUT2D eigenvalue weighted by Gasteiger charge is -2.32. The van der Waals surface area contributed by atoms with Gasteiger partial charge in [0.2, 0.25) is 0 Å². The lowest BCUT2D eigenvalue weighted by Crippen LogP contribution is -2.44. The lowest BCUT2D eigenvalue weighted by atomic mass is 9.96. The van der Waals surface area contributed by atoms with Crippen LogP contribution in [0.1, 0.15) is 32.4 Å². The van der Waals surface area contributed by atoms with Gasteiger partial charge in [-0.15, -0.1) is 0 Å². The highest BCUT2D eigenvalue weighted by Crippen LogP contribution is 2.22. The molecule has 2 rings (SSSR count). The first-order valence-electron chi connectivity index (χ1n) is 8.53. The van der Waals surface area contributed by atoms with Gasteiger partial charge in [-0.3, -0.25) is 9.59 Å². The van der Waals surface area contributed by atoms with Crippen LogP contribution in [0.15, 0.2) is 12.4 Å². The van der Waals surface area contributed by atoms with E-state index in [1.165, 1.54) is 6.20 Å². The largest absolute Gasteiger partial charge is 0.354 e. The standard InChI is InChI=1S/C17H24N6O2/c1-12(2)10-21-16(24)17(25)22-11-13-3-7-23(8-4-13)15-14(9-18)19-5-6-20-15/h5-6,12-13H,3-4,7-8,10-11H2,1-2H3,(H,21,24)(H,22,25). The Bertz CT molecular complexity index is 647. The van der Waals surface area contributed by atoms with E-state index in [1.54, 1.807) is 6.20 Å². The van der Waals surface area contributed by atoms with Crippen LogP contribution in [0.5, 0.6) is 0 Å². The monoisotopic (exact) mass is 344 g/mol. The van der Waals surface area contributed by atoms with Crippen LogP contribution in [-0.2, 0) is 9.59 Å². The molecule has 0 aliphatic carbocycles. The van der Waals surface area contributed by atoms with Gasteiger partial charge in [-0.2, -0.15) is 5.26 Å². The Kier molecular flexibility index (Phi) is 6.69. The van der Waals surface area contributed by atoms with Crippen LogP contribution in [0.2, 0.25) is 0 Å². The molecular formula is C17H24N6O2. The summed E-state index contributed by atoms with van der Waals surface area (Å²) in [6.07, 6.45) is 4.80. The number of piperidine rings is 1. The average molecular weight is 344 g/mol. The van der Waals surface area contributed by atoms with E-state index in [4.69, 9.17) is 5.26 Å². The molecule has 1 aliphatic heterocycles. The molecule has 134 valence electrons. The average Bonchev–Trinajstić information content (AvgIpc) is 2.64. The number of anilines is 1. The first kappa shape index (κ1) is 18.6. The van der Waals surface area contributed by atoms with Gasteiger partial charge < -0.3 is 15.5 Å². The zero-order valence-corrected chi connectivity index (χ0v) is 14.7. The van der Waals surface area contributed by atoms with Crippen molar-refractivity contribution in [3.8, 4) is 6.07 Å². The molecule has 0 bridgehead atoms. The van der Waals surface area contributed by atoms with E-state index in [0.717, 1.165) is 25.9 Å². The van der Waals surface area contributed by atoms with E-state index in [9.17, 15) is 9.59 Å². The predicted molar refractivity (Wildman–Crippen MR) is 92.5 cm³/mol. The Labute approximate surface area is 147 Å². The van der Waals surface area contributed by atoms with Gasteiger partial charge >= 0.3 is 11.8 Å². The second-order valence-corrected chi connectivity index (χ2v) is 6.58. The number of hydrogen-bond donors (Lipinski definition) is 2. The third kappa shape index (κ3) is 5.41. The van der Waals surface area contributed by atoms with Gasteiger partial charge in [0.05, 0.1) is 0 Å². The Morgan fingerprint density at radius 3 is 2.52 bits per heavy atom. The van der Waals surface area contributed by atoms with Gasteiger partial charge in [0, 0.05) is 38.6 Å². The third-order valence-electron chi connectivity index (χ3n) is 4.13. The molecule has 1 fully saturated rings. The van der Waals surface area contributed by atoms with E-state index in [2.05, 4.69) is 26.7 Å². The fourth-order valence-corrected chi connectivity index (χ4v) is 2.68. The van der Waals surface area contributed by atoms with E-state index in [-0.39, 0.29) is 0 Å². The lowest BCUT2D eigenvalue weighted by molar-refractivity contribution is -0.139. The molecule has 1 aliphatic rings. The quantitative estimate of drug-likeness (QED) is 0.751. The SMILES string of the molecule is CC(C)CNC(=O)C(=O)NCC1CCN(c2nccnc2C#N)CC1. The molecule has 1 aromatic rings. The van der Waals surface area contributed by atoms with Crippen molar-refractivity contribution in [2.45, 2.75) is 26.7 Å². The highest BCUT2D eigenvalue weighted by molar-refractivity contribution is 6.35. The Hall–Kier alpha value is -2.69. The number of nitrogens with one attached hydrogen (secondary N) is 2. The number of nitrogens with zero attached hydrogens (tertiary/aromatic N) is 4. The summed E-state index contributed by atoms with van der Waals surface area (Å²) in [7, 11) is 0. The molecule has 0 unspecified atom stereocenters. The van der Waals surface area contributed by atoms with Gasteiger partial charge in [-0.05, 0) is 24.7 Å². The van der Waals surface area contributed by atoms with Crippen LogP contribution in [-0.4, -0.2) is 48.0 Å². The summed E-state index contributed by atoms with van der Waals surface area (Å²) in [5.41, 5.74) is 0.330. The van der Waals surface area contributed by atoms with E-state index in [1.807, 2.05) is 18.7 Å². The topological polar surface area (TPSA) is 111 Å². The number of aromatic nitrogens is 2. The molecule has 8 nitrogen and oxygen atoms in total. The van der Waals surface area contributed by atoms with Crippen LogP contribution in [0.3, 0.4) is 0 Å². The zero-order valence-electron chi connectivity index (χ0n) is 14.7. The highest BCUT2D eigenvalue weighted by Gasteiger charge is 2.23. The number of carbonyl (C=O) groups is 2. The molecule has 0 aromatic carbocycles. The van der Waals surface area contributed by atoms with Gasteiger partial charge in [0.25, 0.3) is 0 Å². The summed E-state index contributed by atoms with van der Waals surface area (Å²) in [5, 5.41) is 14.4. The van der Waals surface area contributed by atoms with Crippen LogP contribution < -0.4 is 15.5 Å². The van der Waals surface area contributed by atoms with Gasteiger partial charge in [0.15, 0.2) is 11.5 Å². The third-order valence-corrected chi connectivity index (χ3v) is 4.13. The molecule has 1 saturated heterocycles. The van der Waals surface area contributed by atoms with E-state index < -0.39 is 11.8 Å². The van der Waals surface area contributed by atoms with Gasteiger partial charge in [-0.1, -0.05) is 13.8 Å². The summed E-state index contributed by atoms with van der Waals surface area (Å²) >= 11 is 0. The molecule has 2 amide bonds. The minimum atomic E-state index is -0.580. The van der Waals surface area contributed by atoms with Crippen molar-refractivity contribution in [1.29, 1.82) is 5.26 Å². The van der Waals surface area contributed by atoms with Crippen LogP contribution in [0.25, 0.3) is 0 Å². The summed E-state index contributed by atoms with van der Waals surface area (Å²) in [4.78, 5) is 33.8. The van der Waals surface area contributed by atoms with E-state index >= 15 is 0 Å². The van der Waals surface area contributed by atoms with E-state index in [0.29, 0.717) is 36.4 Å². The second kappa shape index (κ2) is 8.97. The Balaban J connectivity index is 1.76. The molecule has 2 N–H and O–H groups in total. The summed E-state index contributed by atoms with van der Waals surface area (Å²) in [5.74, 6) is 0.0643. The van der Waals surface area contributed by atoms with Crippen molar-refractivity contribution >= 4 is 17.6 Å². The first-order valence-corrected chi connectivity index (χ1v) is 8.53. The molecular weight excluding hydrogens is 320 g/mol. The summed E-state index contributed by atoms with van der Waals surface area (Å²) < 4.78 is 0. The first-order chi connectivity index (χ1) is 12.0. The zero-order chi connectivity index (χ0) is 18.2. The molecule has 8 heteroatoms. The molecule has 0 atom stereocenters. The van der Waals surface area contributed by atoms with Crippen molar-refractivity contribution < 1.29 is 9.59 Å². The fraction of sp³-hybridized carbons (Fsp3) is 0.588. The molecule has 0 spiro atoms. The van der Waals surface area contributed by atoms with Gasteiger partial charge in [-0.25, -0.2) is 9.97 Å². The minimum Gasteiger partial charge on any atom is -0.354 e. The second-order valence-electron chi connectivity index (χ2n) is 6.58. The number of carbonyl (C=O) groups excluding carboxylic acids is 2. The van der Waals surface area contributed by atoms with Crippen molar-refractivity contribution in [3.05, 3.63) is 18.1 Å². The van der Waals surface area contributed by atoms with Crippen LogP contribution in [0, 0.1) is 23.2 Å². The maximum atomic E-state index is 11.8. The molecule has 25 heavy (non-hydrogen) atoms. The van der Waals surface area contributed by atoms with Crippen molar-refractivity contribution in [2.24, 2.45) is 11.8 Å². The maximum Gasteiger partial charge on any atom is 0.309 e. The van der Waals surface area contributed by atoms with Crippen LogP contribution in [0.4, 0.5) is 5.82 Å². The van der Waals surface area contributed by atoms with Crippen molar-refractivity contribution in [1.82, 2.24) is 20.6 Å². The minimum absolute atomic E-state index is 0.306. The molecule has 1 aromatic heterocycles. The Morgan fingerprint density at radius 2 is 1.88 bits per heavy atom. The maximum absolute atomic E-state index is 11.8. The fourth-order valence-electron chi connectivity index (χ4n) is 2.68. The highest BCUT2D eigenvalue weighted by atomic mass is 16.2. The van der Waals surface area contributed by atoms with Crippen molar-refractivity contribution in [3.63, 3.8) is 0 Å². The number of nitriles is 1. The number of rotatable bonds is 5. The molecule has 0 radical (unpaired) electrons. The normalized spacial score (nSPS) is 14.9.